The first-order valence-corrected chi connectivity index (χ1v) is 7.71. The molecule has 0 atom stereocenters. The van der Waals surface area contributed by atoms with Crippen LogP contribution in [0, 0.1) is 0 Å². The van der Waals surface area contributed by atoms with Crippen LogP contribution in [0.5, 0.6) is 0 Å². The van der Waals surface area contributed by atoms with Crippen molar-refractivity contribution in [3.63, 3.8) is 0 Å². The minimum Gasteiger partial charge on any atom is -0.351 e. The Hall–Kier alpha value is -1.49. The highest BCUT2D eigenvalue weighted by molar-refractivity contribution is 8.00. The number of nitrogens with zero attached hydrogens (tertiary/aromatic N) is 1. The van der Waals surface area contributed by atoms with Gasteiger partial charge in [0.2, 0.25) is 0 Å². The van der Waals surface area contributed by atoms with E-state index in [0.717, 1.165) is 17.4 Å². The van der Waals surface area contributed by atoms with Crippen molar-refractivity contribution < 1.29 is 4.79 Å². The van der Waals surface area contributed by atoms with Gasteiger partial charge in [0.15, 0.2) is 0 Å². The summed E-state index contributed by atoms with van der Waals surface area (Å²) >= 11 is 1.87. The van der Waals surface area contributed by atoms with Crippen LogP contribution in [-0.2, 0) is 0 Å². The molecule has 0 saturated heterocycles. The number of hydrogen-bond acceptors (Lipinski definition) is 3. The van der Waals surface area contributed by atoms with Gasteiger partial charge in [-0.1, -0.05) is 12.5 Å². The number of H-pyrrole nitrogens is 1. The first-order valence-electron chi connectivity index (χ1n) is 6.49. The van der Waals surface area contributed by atoms with Gasteiger partial charge in [-0.15, -0.1) is 0 Å². The lowest BCUT2D eigenvalue weighted by atomic mass is 9.84. The number of fused-ring (bicyclic) bond motifs is 1. The topological polar surface area (TPSA) is 57.8 Å². The third kappa shape index (κ3) is 2.34. The molecule has 1 amide bonds. The van der Waals surface area contributed by atoms with E-state index in [0.29, 0.717) is 5.56 Å². The Morgan fingerprint density at radius 3 is 3.05 bits per heavy atom. The van der Waals surface area contributed by atoms with E-state index in [1.165, 1.54) is 19.3 Å². The van der Waals surface area contributed by atoms with E-state index in [9.17, 15) is 4.79 Å². The number of rotatable bonds is 4. The smallest absolute Gasteiger partial charge is 0.251 e. The molecule has 1 aromatic heterocycles. The summed E-state index contributed by atoms with van der Waals surface area (Å²) in [6.45, 7) is 0.758. The van der Waals surface area contributed by atoms with E-state index in [2.05, 4.69) is 21.8 Å². The van der Waals surface area contributed by atoms with Crippen molar-refractivity contribution in [2.75, 3.05) is 12.8 Å². The van der Waals surface area contributed by atoms with E-state index in [1.807, 2.05) is 30.0 Å². The second-order valence-corrected chi connectivity index (χ2v) is 6.37. The van der Waals surface area contributed by atoms with Crippen LogP contribution in [0.2, 0.25) is 0 Å². The van der Waals surface area contributed by atoms with Gasteiger partial charge in [0, 0.05) is 22.2 Å². The Kier molecular flexibility index (Phi) is 3.22. The van der Waals surface area contributed by atoms with Gasteiger partial charge in [0.25, 0.3) is 5.91 Å². The number of thioether (sulfide) groups is 1. The average Bonchev–Trinajstić information content (AvgIpc) is 2.84. The number of hydrogen-bond donors (Lipinski definition) is 2. The molecule has 0 radical (unpaired) electrons. The maximum absolute atomic E-state index is 12.2. The minimum atomic E-state index is -0.00294. The SMILES string of the molecule is CSC1(CNC(=O)c2ccc3cn[nH]c3c2)CCC1. The van der Waals surface area contributed by atoms with E-state index in [-0.39, 0.29) is 10.7 Å². The van der Waals surface area contributed by atoms with Crippen molar-refractivity contribution >= 4 is 28.6 Å². The maximum Gasteiger partial charge on any atom is 0.251 e. The molecule has 1 aliphatic rings. The lowest BCUT2D eigenvalue weighted by Gasteiger charge is -2.40. The molecular formula is C14H17N3OS. The van der Waals surface area contributed by atoms with Gasteiger partial charge in [0.1, 0.15) is 0 Å². The van der Waals surface area contributed by atoms with E-state index < -0.39 is 0 Å². The van der Waals surface area contributed by atoms with Crippen LogP contribution in [0.4, 0.5) is 0 Å². The summed E-state index contributed by atoms with van der Waals surface area (Å²) in [5.41, 5.74) is 1.59. The minimum absolute atomic E-state index is 0.00294. The van der Waals surface area contributed by atoms with Gasteiger partial charge in [-0.25, -0.2) is 0 Å². The Bertz CT molecular complexity index is 598. The summed E-state index contributed by atoms with van der Waals surface area (Å²) in [6.07, 6.45) is 7.56. The Morgan fingerprint density at radius 2 is 2.37 bits per heavy atom. The third-order valence-electron chi connectivity index (χ3n) is 3.97. The van der Waals surface area contributed by atoms with Crippen LogP contribution in [0.3, 0.4) is 0 Å². The fourth-order valence-electron chi connectivity index (χ4n) is 2.45. The zero-order valence-electron chi connectivity index (χ0n) is 10.9. The van der Waals surface area contributed by atoms with Gasteiger partial charge >= 0.3 is 0 Å². The van der Waals surface area contributed by atoms with Gasteiger partial charge in [0.05, 0.1) is 11.7 Å². The average molecular weight is 275 g/mol. The molecule has 0 spiro atoms. The zero-order valence-corrected chi connectivity index (χ0v) is 11.7. The molecule has 1 aromatic carbocycles. The highest BCUT2D eigenvalue weighted by atomic mass is 32.2. The first-order chi connectivity index (χ1) is 9.22. The fraction of sp³-hybridized carbons (Fsp3) is 0.429. The van der Waals surface area contributed by atoms with Crippen molar-refractivity contribution in [1.82, 2.24) is 15.5 Å². The van der Waals surface area contributed by atoms with Crippen molar-refractivity contribution in [3.8, 4) is 0 Å². The predicted octanol–water partition coefficient (Wildman–Crippen LogP) is 2.58. The molecule has 3 rings (SSSR count). The molecule has 4 nitrogen and oxygen atoms in total. The Morgan fingerprint density at radius 1 is 1.53 bits per heavy atom. The zero-order chi connectivity index (χ0) is 13.3. The van der Waals surface area contributed by atoms with Gasteiger partial charge in [-0.05, 0) is 31.2 Å². The Labute approximate surface area is 116 Å². The second kappa shape index (κ2) is 4.89. The van der Waals surface area contributed by atoms with Crippen molar-refractivity contribution in [3.05, 3.63) is 30.0 Å². The van der Waals surface area contributed by atoms with E-state index >= 15 is 0 Å². The standard InChI is InChI=1S/C14H17N3OS/c1-19-14(5-2-6-14)9-15-13(18)10-3-4-11-8-16-17-12(11)7-10/h3-4,7-8H,2,5-6,9H2,1H3,(H,15,18)(H,16,17). The second-order valence-electron chi connectivity index (χ2n) is 5.10. The molecular weight excluding hydrogens is 258 g/mol. The van der Waals surface area contributed by atoms with Crippen molar-refractivity contribution in [2.24, 2.45) is 0 Å². The lowest BCUT2D eigenvalue weighted by molar-refractivity contribution is 0.0944. The first kappa shape index (κ1) is 12.5. The number of nitrogens with one attached hydrogen (secondary N) is 2. The van der Waals surface area contributed by atoms with Gasteiger partial charge in [-0.3, -0.25) is 9.89 Å². The molecule has 1 heterocycles. The van der Waals surface area contributed by atoms with Crippen LogP contribution < -0.4 is 5.32 Å². The molecule has 0 bridgehead atoms. The van der Waals surface area contributed by atoms with E-state index in [1.54, 1.807) is 6.20 Å². The number of aromatic nitrogens is 2. The highest BCUT2D eigenvalue weighted by Crippen LogP contribution is 2.42. The molecule has 2 N–H and O–H groups in total. The molecule has 1 aliphatic carbocycles. The molecule has 1 fully saturated rings. The molecule has 19 heavy (non-hydrogen) atoms. The summed E-state index contributed by atoms with van der Waals surface area (Å²) in [6, 6.07) is 5.62. The predicted molar refractivity (Wildman–Crippen MR) is 78.5 cm³/mol. The summed E-state index contributed by atoms with van der Waals surface area (Å²) in [5.74, 6) is -0.00294. The number of carbonyl (C=O) groups is 1. The van der Waals surface area contributed by atoms with Crippen LogP contribution in [-0.4, -0.2) is 33.7 Å². The number of carbonyl (C=O) groups excluding carboxylic acids is 1. The quantitative estimate of drug-likeness (QED) is 0.901. The summed E-state index contributed by atoms with van der Waals surface area (Å²) in [5, 5.41) is 10.9. The normalized spacial score (nSPS) is 17.1. The molecule has 5 heteroatoms. The third-order valence-corrected chi connectivity index (χ3v) is 5.39. The largest absolute Gasteiger partial charge is 0.351 e. The molecule has 0 aliphatic heterocycles. The molecule has 1 saturated carbocycles. The Balaban J connectivity index is 1.69. The van der Waals surface area contributed by atoms with Gasteiger partial charge in [-0.2, -0.15) is 16.9 Å². The highest BCUT2D eigenvalue weighted by Gasteiger charge is 2.36. The molecule has 2 aromatic rings. The summed E-state index contributed by atoms with van der Waals surface area (Å²) < 4.78 is 0.272. The van der Waals surface area contributed by atoms with Crippen molar-refractivity contribution in [1.29, 1.82) is 0 Å². The van der Waals surface area contributed by atoms with Crippen molar-refractivity contribution in [2.45, 2.75) is 24.0 Å². The molecule has 100 valence electrons. The summed E-state index contributed by atoms with van der Waals surface area (Å²) in [4.78, 5) is 12.2. The molecule has 0 unspecified atom stereocenters. The van der Waals surface area contributed by atoms with Crippen LogP contribution >= 0.6 is 11.8 Å². The maximum atomic E-state index is 12.2. The van der Waals surface area contributed by atoms with E-state index in [4.69, 9.17) is 0 Å². The summed E-state index contributed by atoms with van der Waals surface area (Å²) in [7, 11) is 0. The monoisotopic (exact) mass is 275 g/mol. The van der Waals surface area contributed by atoms with Crippen LogP contribution in [0.1, 0.15) is 29.6 Å². The van der Waals surface area contributed by atoms with Crippen LogP contribution in [0.15, 0.2) is 24.4 Å². The number of aromatic amines is 1. The fourth-order valence-corrected chi connectivity index (χ4v) is 3.36. The number of amides is 1. The lowest BCUT2D eigenvalue weighted by Crippen LogP contribution is -2.45. The van der Waals surface area contributed by atoms with Gasteiger partial charge < -0.3 is 5.32 Å². The number of benzene rings is 1. The van der Waals surface area contributed by atoms with Crippen LogP contribution in [0.25, 0.3) is 10.9 Å².